The number of hydrogen-bond acceptors (Lipinski definition) is 3. The van der Waals surface area contributed by atoms with Crippen LogP contribution < -0.4 is 5.73 Å². The summed E-state index contributed by atoms with van der Waals surface area (Å²) < 4.78 is 5.80. The number of morpholine rings is 1. The van der Waals surface area contributed by atoms with E-state index < -0.39 is 0 Å². The highest BCUT2D eigenvalue weighted by Gasteiger charge is 2.33. The van der Waals surface area contributed by atoms with E-state index in [1.54, 1.807) is 6.07 Å². The lowest BCUT2D eigenvalue weighted by molar-refractivity contribution is -0.0676. The zero-order valence-corrected chi connectivity index (χ0v) is 12.6. The van der Waals surface area contributed by atoms with Crippen LogP contribution in [0.1, 0.15) is 24.9 Å². The first-order valence-corrected chi connectivity index (χ1v) is 7.43. The first kappa shape index (κ1) is 15.1. The summed E-state index contributed by atoms with van der Waals surface area (Å²) in [4.78, 5) is 2.40. The van der Waals surface area contributed by atoms with Gasteiger partial charge in [-0.25, -0.2) is 0 Å². The van der Waals surface area contributed by atoms with Crippen LogP contribution in [-0.2, 0) is 4.74 Å². The van der Waals surface area contributed by atoms with E-state index in [0.29, 0.717) is 16.6 Å². The number of rotatable bonds is 4. The van der Waals surface area contributed by atoms with Gasteiger partial charge in [0, 0.05) is 23.1 Å². The standard InChI is InChI=1S/C14H20Cl2N2O/c1-2-5-18-6-7-19-13(9-17)14(18)11-4-3-10(15)8-12(11)16/h3-4,8,13-14H,2,5-7,9,17H2,1H3. The quantitative estimate of drug-likeness (QED) is 0.929. The molecule has 1 heterocycles. The molecule has 1 saturated heterocycles. The SMILES string of the molecule is CCCN1CCOC(CN)C1c1ccc(Cl)cc1Cl. The van der Waals surface area contributed by atoms with Gasteiger partial charge in [0.25, 0.3) is 0 Å². The lowest BCUT2D eigenvalue weighted by atomic mass is 9.97. The van der Waals surface area contributed by atoms with Crippen LogP contribution in [0, 0.1) is 0 Å². The first-order chi connectivity index (χ1) is 9.17. The van der Waals surface area contributed by atoms with Crippen molar-refractivity contribution in [2.24, 2.45) is 5.73 Å². The third-order valence-electron chi connectivity index (χ3n) is 3.48. The number of nitrogens with zero attached hydrogens (tertiary/aromatic N) is 1. The summed E-state index contributed by atoms with van der Waals surface area (Å²) in [5.41, 5.74) is 6.90. The summed E-state index contributed by atoms with van der Waals surface area (Å²) in [5, 5.41) is 1.33. The van der Waals surface area contributed by atoms with E-state index in [2.05, 4.69) is 11.8 Å². The Morgan fingerprint density at radius 1 is 1.42 bits per heavy atom. The number of nitrogens with two attached hydrogens (primary N) is 1. The lowest BCUT2D eigenvalue weighted by Crippen LogP contribution is -2.48. The van der Waals surface area contributed by atoms with E-state index in [1.165, 1.54) is 0 Å². The summed E-state index contributed by atoms with van der Waals surface area (Å²) in [5.74, 6) is 0. The van der Waals surface area contributed by atoms with E-state index in [4.69, 9.17) is 33.7 Å². The smallest absolute Gasteiger partial charge is 0.0894 e. The highest BCUT2D eigenvalue weighted by Crippen LogP contribution is 2.35. The Kier molecular flexibility index (Phi) is 5.48. The molecule has 3 nitrogen and oxygen atoms in total. The Hall–Kier alpha value is -0.320. The highest BCUT2D eigenvalue weighted by molar-refractivity contribution is 6.35. The largest absolute Gasteiger partial charge is 0.374 e. The average Bonchev–Trinajstić information content (AvgIpc) is 2.39. The van der Waals surface area contributed by atoms with E-state index >= 15 is 0 Å². The Bertz CT molecular complexity index is 426. The third-order valence-corrected chi connectivity index (χ3v) is 4.04. The van der Waals surface area contributed by atoms with Gasteiger partial charge in [0.05, 0.1) is 18.8 Å². The van der Waals surface area contributed by atoms with Gasteiger partial charge in [0.2, 0.25) is 0 Å². The molecule has 2 atom stereocenters. The second kappa shape index (κ2) is 6.91. The highest BCUT2D eigenvalue weighted by atomic mass is 35.5. The normalized spacial score (nSPS) is 24.6. The molecule has 0 saturated carbocycles. The molecule has 2 rings (SSSR count). The van der Waals surface area contributed by atoms with Crippen molar-refractivity contribution in [3.63, 3.8) is 0 Å². The van der Waals surface area contributed by atoms with Crippen LogP contribution in [0.15, 0.2) is 18.2 Å². The Morgan fingerprint density at radius 3 is 2.84 bits per heavy atom. The third kappa shape index (κ3) is 3.41. The van der Waals surface area contributed by atoms with Gasteiger partial charge in [-0.2, -0.15) is 0 Å². The molecule has 19 heavy (non-hydrogen) atoms. The summed E-state index contributed by atoms with van der Waals surface area (Å²) in [7, 11) is 0. The number of halogens is 2. The molecule has 0 bridgehead atoms. The van der Waals surface area contributed by atoms with Crippen molar-refractivity contribution in [3.8, 4) is 0 Å². The minimum absolute atomic E-state index is 0.0148. The minimum Gasteiger partial charge on any atom is -0.374 e. The van der Waals surface area contributed by atoms with Crippen LogP contribution in [0.2, 0.25) is 10.0 Å². The summed E-state index contributed by atoms with van der Waals surface area (Å²) in [6.07, 6.45) is 1.08. The van der Waals surface area contributed by atoms with Gasteiger partial charge >= 0.3 is 0 Å². The zero-order chi connectivity index (χ0) is 13.8. The summed E-state index contributed by atoms with van der Waals surface area (Å²) in [6, 6.07) is 5.75. The predicted molar refractivity (Wildman–Crippen MR) is 79.9 cm³/mol. The van der Waals surface area contributed by atoms with Crippen molar-refractivity contribution in [3.05, 3.63) is 33.8 Å². The average molecular weight is 303 g/mol. The second-order valence-electron chi connectivity index (χ2n) is 4.79. The molecule has 0 aromatic heterocycles. The molecule has 1 aliphatic rings. The summed E-state index contributed by atoms with van der Waals surface area (Å²) >= 11 is 12.3. The van der Waals surface area contributed by atoms with Gasteiger partial charge in [-0.15, -0.1) is 0 Å². The van der Waals surface area contributed by atoms with Crippen molar-refractivity contribution in [2.75, 3.05) is 26.2 Å². The van der Waals surface area contributed by atoms with Crippen molar-refractivity contribution >= 4 is 23.2 Å². The minimum atomic E-state index is -0.0148. The molecule has 1 aromatic carbocycles. The van der Waals surface area contributed by atoms with Gasteiger partial charge in [-0.05, 0) is 30.7 Å². The number of hydrogen-bond donors (Lipinski definition) is 1. The van der Waals surface area contributed by atoms with Gasteiger partial charge in [-0.1, -0.05) is 36.2 Å². The fourth-order valence-electron chi connectivity index (χ4n) is 2.66. The molecule has 0 radical (unpaired) electrons. The van der Waals surface area contributed by atoms with Gasteiger partial charge in [-0.3, -0.25) is 4.90 Å². The molecule has 0 spiro atoms. The lowest BCUT2D eigenvalue weighted by Gasteiger charge is -2.41. The fraction of sp³-hybridized carbons (Fsp3) is 0.571. The number of benzene rings is 1. The molecular formula is C14H20Cl2N2O. The number of ether oxygens (including phenoxy) is 1. The molecule has 1 aromatic rings. The van der Waals surface area contributed by atoms with Gasteiger partial charge in [0.15, 0.2) is 0 Å². The molecular weight excluding hydrogens is 283 g/mol. The Balaban J connectivity index is 2.33. The van der Waals surface area contributed by atoms with Crippen LogP contribution in [0.5, 0.6) is 0 Å². The molecule has 0 amide bonds. The van der Waals surface area contributed by atoms with Crippen molar-refractivity contribution < 1.29 is 4.74 Å². The molecule has 0 aliphatic carbocycles. The van der Waals surface area contributed by atoms with E-state index in [-0.39, 0.29) is 12.1 Å². The predicted octanol–water partition coefficient (Wildman–Crippen LogP) is 3.10. The van der Waals surface area contributed by atoms with E-state index in [0.717, 1.165) is 31.7 Å². The maximum atomic E-state index is 6.34. The van der Waals surface area contributed by atoms with Crippen LogP contribution in [0.3, 0.4) is 0 Å². The van der Waals surface area contributed by atoms with E-state index in [9.17, 15) is 0 Å². The van der Waals surface area contributed by atoms with Crippen LogP contribution in [0.4, 0.5) is 0 Å². The molecule has 1 fully saturated rings. The fourth-order valence-corrected chi connectivity index (χ4v) is 3.18. The summed E-state index contributed by atoms with van der Waals surface area (Å²) in [6.45, 7) is 5.32. The van der Waals surface area contributed by atoms with Crippen LogP contribution in [0.25, 0.3) is 0 Å². The van der Waals surface area contributed by atoms with Crippen LogP contribution >= 0.6 is 23.2 Å². The molecule has 5 heteroatoms. The monoisotopic (exact) mass is 302 g/mol. The Morgan fingerprint density at radius 2 is 2.21 bits per heavy atom. The maximum Gasteiger partial charge on any atom is 0.0894 e. The topological polar surface area (TPSA) is 38.5 Å². The van der Waals surface area contributed by atoms with Crippen molar-refractivity contribution in [1.82, 2.24) is 4.90 Å². The zero-order valence-electron chi connectivity index (χ0n) is 11.1. The first-order valence-electron chi connectivity index (χ1n) is 6.68. The molecule has 106 valence electrons. The Labute approximate surface area is 124 Å². The van der Waals surface area contributed by atoms with Crippen molar-refractivity contribution in [2.45, 2.75) is 25.5 Å². The molecule has 1 aliphatic heterocycles. The second-order valence-corrected chi connectivity index (χ2v) is 5.64. The van der Waals surface area contributed by atoms with E-state index in [1.807, 2.05) is 12.1 Å². The molecule has 2 unspecified atom stereocenters. The van der Waals surface area contributed by atoms with Crippen LogP contribution in [-0.4, -0.2) is 37.2 Å². The molecule has 2 N–H and O–H groups in total. The van der Waals surface area contributed by atoms with Gasteiger partial charge < -0.3 is 10.5 Å². The van der Waals surface area contributed by atoms with Crippen molar-refractivity contribution in [1.29, 1.82) is 0 Å². The van der Waals surface area contributed by atoms with Gasteiger partial charge in [0.1, 0.15) is 0 Å². The maximum absolute atomic E-state index is 6.34.